The number of allylic oxidation sites excluding steroid dienone is 1. The Morgan fingerprint density at radius 3 is 2.00 bits per heavy atom. The van der Waals surface area contributed by atoms with Crippen molar-refractivity contribution in [3.63, 3.8) is 0 Å². The molecule has 2 aliphatic rings. The van der Waals surface area contributed by atoms with Gasteiger partial charge in [-0.05, 0) is 75.4 Å². The van der Waals surface area contributed by atoms with E-state index in [9.17, 15) is 0 Å². The van der Waals surface area contributed by atoms with Crippen molar-refractivity contribution in [1.82, 2.24) is 9.55 Å². The van der Waals surface area contributed by atoms with Crippen LogP contribution in [-0.4, -0.2) is 9.55 Å². The molecule has 9 aromatic rings. The van der Waals surface area contributed by atoms with Crippen LogP contribution in [0.5, 0.6) is 0 Å². The van der Waals surface area contributed by atoms with Crippen LogP contribution in [0.25, 0.3) is 65.0 Å². The van der Waals surface area contributed by atoms with Gasteiger partial charge in [0.2, 0.25) is 0 Å². The van der Waals surface area contributed by atoms with E-state index in [0.29, 0.717) is 0 Å². The minimum Gasteiger partial charge on any atom is -0.316 e. The summed E-state index contributed by atoms with van der Waals surface area (Å²) in [6.07, 6.45) is 2.40. The van der Waals surface area contributed by atoms with Crippen LogP contribution >= 0.6 is 11.3 Å². The third kappa shape index (κ3) is 4.65. The second-order valence-corrected chi connectivity index (χ2v) is 17.1. The van der Waals surface area contributed by atoms with Gasteiger partial charge in [0.25, 0.3) is 0 Å². The summed E-state index contributed by atoms with van der Waals surface area (Å²) in [5.74, 6) is 0.937. The first-order valence-corrected chi connectivity index (χ1v) is 19.9. The SMILES string of the molecule is CC1(C)C(c2ccc(-n3c(-c4ccc(-c5cccc6c5sc5ccccc56)cc4)nc4ccccc43)cc2)=CN2c3ccccc3C(C)(C)c3cccc1c32. The maximum Gasteiger partial charge on any atom is 0.145 e. The van der Waals surface area contributed by atoms with Crippen molar-refractivity contribution in [2.24, 2.45) is 0 Å². The smallest absolute Gasteiger partial charge is 0.145 e. The lowest BCUT2D eigenvalue weighted by Gasteiger charge is -2.47. The Morgan fingerprint density at radius 2 is 1.16 bits per heavy atom. The van der Waals surface area contributed by atoms with Crippen molar-refractivity contribution in [2.45, 2.75) is 38.5 Å². The van der Waals surface area contributed by atoms with Crippen molar-refractivity contribution in [3.8, 4) is 28.2 Å². The molecule has 4 heterocycles. The molecule has 4 heteroatoms. The van der Waals surface area contributed by atoms with Crippen LogP contribution in [0.15, 0.2) is 164 Å². The molecule has 0 saturated heterocycles. The van der Waals surface area contributed by atoms with Crippen LogP contribution in [0.1, 0.15) is 49.9 Å². The number of fused-ring (bicyclic) bond motifs is 6. The lowest BCUT2D eigenvalue weighted by molar-refractivity contribution is 0.614. The molecule has 0 atom stereocenters. The molecule has 3 nitrogen and oxygen atoms in total. The third-order valence-electron chi connectivity index (χ3n) is 12.2. The molecular weight excluding hydrogens is 687 g/mol. The number of anilines is 2. The van der Waals surface area contributed by atoms with Crippen LogP contribution in [0, 0.1) is 0 Å². The second kappa shape index (κ2) is 11.6. The number of aromatic nitrogens is 2. The predicted molar refractivity (Wildman–Crippen MR) is 233 cm³/mol. The van der Waals surface area contributed by atoms with Crippen molar-refractivity contribution >= 4 is 59.5 Å². The van der Waals surface area contributed by atoms with Gasteiger partial charge in [-0.15, -0.1) is 11.3 Å². The molecule has 264 valence electrons. The average molecular weight is 726 g/mol. The highest BCUT2D eigenvalue weighted by atomic mass is 32.1. The Kier molecular flexibility index (Phi) is 6.82. The van der Waals surface area contributed by atoms with E-state index in [4.69, 9.17) is 4.98 Å². The van der Waals surface area contributed by atoms with Gasteiger partial charge in [0.1, 0.15) is 5.82 Å². The summed E-state index contributed by atoms with van der Waals surface area (Å²) in [6, 6.07) is 57.7. The topological polar surface area (TPSA) is 21.1 Å². The molecule has 11 rings (SSSR count). The summed E-state index contributed by atoms with van der Waals surface area (Å²) in [4.78, 5) is 7.67. The van der Waals surface area contributed by atoms with Crippen molar-refractivity contribution in [2.75, 3.05) is 4.90 Å². The van der Waals surface area contributed by atoms with E-state index in [1.807, 2.05) is 11.3 Å². The summed E-state index contributed by atoms with van der Waals surface area (Å²) in [5.41, 5.74) is 15.7. The van der Waals surface area contributed by atoms with Gasteiger partial charge in [-0.25, -0.2) is 4.98 Å². The number of thiophene rings is 1. The maximum absolute atomic E-state index is 5.22. The van der Waals surface area contributed by atoms with Crippen LogP contribution in [0.3, 0.4) is 0 Å². The average Bonchev–Trinajstić information content (AvgIpc) is 3.80. The Bertz CT molecular complexity index is 3030. The number of hydrogen-bond acceptors (Lipinski definition) is 3. The summed E-state index contributed by atoms with van der Waals surface area (Å²) in [7, 11) is 0. The number of para-hydroxylation sites is 4. The molecule has 2 aromatic heterocycles. The molecule has 0 radical (unpaired) electrons. The normalized spacial score (nSPS) is 15.3. The quantitative estimate of drug-likeness (QED) is 0.180. The Labute approximate surface area is 325 Å². The van der Waals surface area contributed by atoms with Gasteiger partial charge in [0, 0.05) is 54.1 Å². The van der Waals surface area contributed by atoms with Crippen molar-refractivity contribution in [3.05, 3.63) is 186 Å². The molecule has 0 bridgehead atoms. The summed E-state index contributed by atoms with van der Waals surface area (Å²) >= 11 is 1.87. The van der Waals surface area contributed by atoms with Gasteiger partial charge in [0.05, 0.1) is 16.7 Å². The molecular formula is C51H39N3S. The minimum atomic E-state index is -0.194. The van der Waals surface area contributed by atoms with Crippen LogP contribution < -0.4 is 4.90 Å². The molecule has 0 saturated carbocycles. The molecule has 7 aromatic carbocycles. The third-order valence-corrected chi connectivity index (χ3v) is 13.5. The fourth-order valence-corrected chi connectivity index (χ4v) is 10.6. The first-order valence-electron chi connectivity index (χ1n) is 19.1. The first kappa shape index (κ1) is 32.2. The van der Waals surface area contributed by atoms with Gasteiger partial charge in [0.15, 0.2) is 0 Å². The molecule has 0 spiro atoms. The van der Waals surface area contributed by atoms with E-state index in [1.54, 1.807) is 0 Å². The zero-order valence-corrected chi connectivity index (χ0v) is 32.2. The van der Waals surface area contributed by atoms with Crippen molar-refractivity contribution < 1.29 is 0 Å². The molecule has 0 aliphatic carbocycles. The highest BCUT2D eigenvalue weighted by Gasteiger charge is 2.43. The standard InChI is InChI=1S/C51H39N3S/c1-50(2)39-16-6-8-20-44(39)53-31-42(51(3,4)41-18-12-17-40(50)47(41)53)33-27-29-35(30-28-33)54-45-21-9-7-19-43(45)52-49(54)34-25-23-32(24-26-34)36-14-11-15-38-37-13-5-10-22-46(37)55-48(36)38/h5-31H,1-4H3. The Morgan fingerprint density at radius 1 is 0.527 bits per heavy atom. The van der Waals surface area contributed by atoms with E-state index in [2.05, 4.69) is 201 Å². The van der Waals surface area contributed by atoms with Crippen LogP contribution in [0.4, 0.5) is 11.4 Å². The summed E-state index contributed by atoms with van der Waals surface area (Å²) in [5, 5.41) is 2.64. The second-order valence-electron chi connectivity index (χ2n) is 16.0. The molecule has 0 fully saturated rings. The highest BCUT2D eigenvalue weighted by molar-refractivity contribution is 7.26. The Hall–Kier alpha value is -6.23. The number of hydrogen-bond donors (Lipinski definition) is 0. The van der Waals surface area contributed by atoms with Crippen molar-refractivity contribution in [1.29, 1.82) is 0 Å². The van der Waals surface area contributed by atoms with Gasteiger partial charge in [-0.1, -0.05) is 149 Å². The Balaban J connectivity index is 0.997. The zero-order valence-electron chi connectivity index (χ0n) is 31.3. The fourth-order valence-electron chi connectivity index (χ4n) is 9.34. The lowest BCUT2D eigenvalue weighted by atomic mass is 9.66. The van der Waals surface area contributed by atoms with E-state index in [-0.39, 0.29) is 10.8 Å². The van der Waals surface area contributed by atoms with E-state index < -0.39 is 0 Å². The van der Waals surface area contributed by atoms with Crippen LogP contribution in [0.2, 0.25) is 0 Å². The molecule has 0 amide bonds. The first-order chi connectivity index (χ1) is 26.8. The van der Waals surface area contributed by atoms with E-state index in [1.165, 1.54) is 70.5 Å². The zero-order chi connectivity index (χ0) is 37.1. The van der Waals surface area contributed by atoms with Gasteiger partial charge >= 0.3 is 0 Å². The molecule has 0 unspecified atom stereocenters. The van der Waals surface area contributed by atoms with Gasteiger partial charge < -0.3 is 4.90 Å². The number of nitrogens with zero attached hydrogens (tertiary/aromatic N) is 3. The van der Waals surface area contributed by atoms with Gasteiger partial charge in [-0.2, -0.15) is 0 Å². The summed E-state index contributed by atoms with van der Waals surface area (Å²) < 4.78 is 4.97. The van der Waals surface area contributed by atoms with E-state index in [0.717, 1.165) is 28.1 Å². The number of imidazole rings is 1. The minimum absolute atomic E-state index is 0.0830. The van der Waals surface area contributed by atoms with Crippen LogP contribution in [-0.2, 0) is 10.8 Å². The summed E-state index contributed by atoms with van der Waals surface area (Å²) in [6.45, 7) is 9.47. The fraction of sp³-hybridized carbons (Fsp3) is 0.118. The monoisotopic (exact) mass is 725 g/mol. The lowest BCUT2D eigenvalue weighted by Crippen LogP contribution is -2.37. The predicted octanol–water partition coefficient (Wildman–Crippen LogP) is 13.8. The molecule has 0 N–H and O–H groups in total. The largest absolute Gasteiger partial charge is 0.316 e. The highest BCUT2D eigenvalue weighted by Crippen LogP contribution is 2.57. The maximum atomic E-state index is 5.22. The number of benzene rings is 7. The number of rotatable bonds is 4. The molecule has 55 heavy (non-hydrogen) atoms. The van der Waals surface area contributed by atoms with Gasteiger partial charge in [-0.3, -0.25) is 4.57 Å². The van der Waals surface area contributed by atoms with E-state index >= 15 is 0 Å². The molecule has 2 aliphatic heterocycles.